The van der Waals surface area contributed by atoms with Crippen LogP contribution in [0.15, 0.2) is 34.1 Å². The molecular weight excluding hydrogens is 262 g/mol. The predicted molar refractivity (Wildman–Crippen MR) is 73.4 cm³/mol. The molecule has 0 N–H and O–H groups in total. The monoisotopic (exact) mass is 273 g/mol. The first-order valence-electron chi connectivity index (χ1n) is 5.73. The van der Waals surface area contributed by atoms with Crippen LogP contribution in [0.2, 0.25) is 0 Å². The third-order valence-corrected chi connectivity index (χ3v) is 3.74. The van der Waals surface area contributed by atoms with E-state index in [2.05, 4.69) is 9.72 Å². The number of nitrogens with zero attached hydrogens (tertiary/aromatic N) is 1. The van der Waals surface area contributed by atoms with E-state index in [1.165, 1.54) is 18.4 Å². The standard InChI is InChI=1S/C14H11NO3S/c1-8-12(9-5-3-4-6-11(9)18-8)13-15-10(7-19-13)14(16)17-2/h3-7H,1-2H3. The van der Waals surface area contributed by atoms with Crippen LogP contribution < -0.4 is 0 Å². The van der Waals surface area contributed by atoms with Crippen molar-refractivity contribution in [2.75, 3.05) is 7.11 Å². The number of carbonyl (C=O) groups is 1. The Kier molecular flexibility index (Phi) is 2.83. The van der Waals surface area contributed by atoms with Gasteiger partial charge in [0.1, 0.15) is 16.4 Å². The van der Waals surface area contributed by atoms with E-state index in [-0.39, 0.29) is 0 Å². The summed E-state index contributed by atoms with van der Waals surface area (Å²) in [5, 5.41) is 3.47. The molecule has 0 spiro atoms. The highest BCUT2D eigenvalue weighted by Gasteiger charge is 2.18. The van der Waals surface area contributed by atoms with Crippen molar-refractivity contribution < 1.29 is 13.9 Å². The van der Waals surface area contributed by atoms with E-state index >= 15 is 0 Å². The molecule has 0 amide bonds. The fourth-order valence-corrected chi connectivity index (χ4v) is 2.92. The van der Waals surface area contributed by atoms with E-state index in [1.807, 2.05) is 31.2 Å². The van der Waals surface area contributed by atoms with Crippen LogP contribution in [-0.2, 0) is 4.74 Å². The molecule has 4 nitrogen and oxygen atoms in total. The molecule has 19 heavy (non-hydrogen) atoms. The van der Waals surface area contributed by atoms with Gasteiger partial charge < -0.3 is 9.15 Å². The van der Waals surface area contributed by atoms with Gasteiger partial charge in [0.05, 0.1) is 12.7 Å². The Bertz CT molecular complexity index is 757. The Morgan fingerprint density at radius 3 is 2.95 bits per heavy atom. The number of hydrogen-bond acceptors (Lipinski definition) is 5. The molecule has 5 heteroatoms. The first-order valence-corrected chi connectivity index (χ1v) is 6.61. The van der Waals surface area contributed by atoms with E-state index in [4.69, 9.17) is 4.42 Å². The lowest BCUT2D eigenvalue weighted by Crippen LogP contribution is -2.00. The smallest absolute Gasteiger partial charge is 0.357 e. The Labute approximate surface area is 113 Å². The maximum atomic E-state index is 11.4. The third-order valence-electron chi connectivity index (χ3n) is 2.88. The van der Waals surface area contributed by atoms with E-state index in [1.54, 1.807) is 5.38 Å². The molecule has 2 heterocycles. The van der Waals surface area contributed by atoms with Gasteiger partial charge in [0, 0.05) is 10.8 Å². The highest BCUT2D eigenvalue weighted by atomic mass is 32.1. The highest BCUT2D eigenvalue weighted by molar-refractivity contribution is 7.13. The van der Waals surface area contributed by atoms with Crippen LogP contribution in [0.4, 0.5) is 0 Å². The third kappa shape index (κ3) is 1.92. The number of para-hydroxylation sites is 1. The molecule has 3 aromatic rings. The quantitative estimate of drug-likeness (QED) is 0.669. The van der Waals surface area contributed by atoms with Gasteiger partial charge in [-0.05, 0) is 13.0 Å². The summed E-state index contributed by atoms with van der Waals surface area (Å²) >= 11 is 1.41. The van der Waals surface area contributed by atoms with Crippen LogP contribution >= 0.6 is 11.3 Å². The average molecular weight is 273 g/mol. The van der Waals surface area contributed by atoms with Gasteiger partial charge in [-0.25, -0.2) is 9.78 Å². The number of rotatable bonds is 2. The number of ether oxygens (including phenoxy) is 1. The van der Waals surface area contributed by atoms with Gasteiger partial charge in [-0.3, -0.25) is 0 Å². The molecule has 0 saturated carbocycles. The summed E-state index contributed by atoms with van der Waals surface area (Å²) in [7, 11) is 1.35. The average Bonchev–Trinajstić information content (AvgIpc) is 3.00. The van der Waals surface area contributed by atoms with Gasteiger partial charge in [-0.15, -0.1) is 11.3 Å². The lowest BCUT2D eigenvalue weighted by atomic mass is 10.1. The molecule has 2 aromatic heterocycles. The first-order chi connectivity index (χ1) is 9.20. The zero-order valence-electron chi connectivity index (χ0n) is 10.5. The second kappa shape index (κ2) is 4.51. The molecule has 0 fully saturated rings. The van der Waals surface area contributed by atoms with Crippen molar-refractivity contribution in [2.45, 2.75) is 6.92 Å². The number of thiazole rings is 1. The minimum Gasteiger partial charge on any atom is -0.464 e. The summed E-state index contributed by atoms with van der Waals surface area (Å²) in [5.74, 6) is 0.375. The van der Waals surface area contributed by atoms with Crippen molar-refractivity contribution >= 4 is 28.3 Å². The maximum absolute atomic E-state index is 11.4. The Balaban J connectivity index is 2.16. The second-order valence-electron chi connectivity index (χ2n) is 4.06. The summed E-state index contributed by atoms with van der Waals surface area (Å²) in [6, 6.07) is 7.79. The van der Waals surface area contributed by atoms with Crippen molar-refractivity contribution in [3.63, 3.8) is 0 Å². The van der Waals surface area contributed by atoms with Crippen molar-refractivity contribution in [1.29, 1.82) is 0 Å². The zero-order valence-corrected chi connectivity index (χ0v) is 11.3. The minimum absolute atomic E-state index is 0.326. The minimum atomic E-state index is -0.423. The molecule has 0 radical (unpaired) electrons. The molecule has 0 aliphatic carbocycles. The number of benzene rings is 1. The number of furan rings is 1. The Hall–Kier alpha value is -2.14. The molecule has 0 saturated heterocycles. The van der Waals surface area contributed by atoms with Crippen LogP contribution in [0.1, 0.15) is 16.2 Å². The van der Waals surface area contributed by atoms with Gasteiger partial charge in [0.15, 0.2) is 5.69 Å². The summed E-state index contributed by atoms with van der Waals surface area (Å²) in [6.45, 7) is 1.90. The number of fused-ring (bicyclic) bond motifs is 1. The van der Waals surface area contributed by atoms with E-state index < -0.39 is 5.97 Å². The van der Waals surface area contributed by atoms with Gasteiger partial charge in [-0.2, -0.15) is 0 Å². The summed E-state index contributed by atoms with van der Waals surface area (Å²) < 4.78 is 10.4. The zero-order chi connectivity index (χ0) is 13.4. The molecule has 0 aliphatic heterocycles. The van der Waals surface area contributed by atoms with Crippen LogP contribution in [0.25, 0.3) is 21.5 Å². The number of aryl methyl sites for hydroxylation is 1. The van der Waals surface area contributed by atoms with Crippen LogP contribution in [0.5, 0.6) is 0 Å². The van der Waals surface area contributed by atoms with Gasteiger partial charge in [-0.1, -0.05) is 18.2 Å². The molecule has 0 bridgehead atoms. The molecule has 0 aliphatic rings. The number of carbonyl (C=O) groups excluding carboxylic acids is 1. The van der Waals surface area contributed by atoms with E-state index in [9.17, 15) is 4.79 Å². The van der Waals surface area contributed by atoms with Crippen molar-refractivity contribution in [2.24, 2.45) is 0 Å². The van der Waals surface area contributed by atoms with Crippen LogP contribution in [0.3, 0.4) is 0 Å². The fraction of sp³-hybridized carbons (Fsp3) is 0.143. The summed E-state index contributed by atoms with van der Waals surface area (Å²) in [6.07, 6.45) is 0. The van der Waals surface area contributed by atoms with Crippen molar-refractivity contribution in [3.8, 4) is 10.6 Å². The maximum Gasteiger partial charge on any atom is 0.357 e. The molecule has 0 unspecified atom stereocenters. The van der Waals surface area contributed by atoms with Gasteiger partial charge in [0.2, 0.25) is 0 Å². The van der Waals surface area contributed by atoms with Gasteiger partial charge >= 0.3 is 5.97 Å². The Morgan fingerprint density at radius 2 is 2.16 bits per heavy atom. The predicted octanol–water partition coefficient (Wildman–Crippen LogP) is 3.65. The molecular formula is C14H11NO3S. The lowest BCUT2D eigenvalue weighted by molar-refractivity contribution is 0.0595. The molecule has 0 atom stereocenters. The van der Waals surface area contributed by atoms with E-state index in [0.717, 1.165) is 27.3 Å². The van der Waals surface area contributed by atoms with Crippen molar-refractivity contribution in [1.82, 2.24) is 4.98 Å². The van der Waals surface area contributed by atoms with Crippen LogP contribution in [-0.4, -0.2) is 18.1 Å². The molecule has 3 rings (SSSR count). The number of esters is 1. The highest BCUT2D eigenvalue weighted by Crippen LogP contribution is 2.35. The fourth-order valence-electron chi connectivity index (χ4n) is 2.02. The van der Waals surface area contributed by atoms with E-state index in [0.29, 0.717) is 5.69 Å². The SMILES string of the molecule is COC(=O)c1csc(-c2c(C)oc3ccccc23)n1. The lowest BCUT2D eigenvalue weighted by Gasteiger charge is -1.94. The number of methoxy groups -OCH3 is 1. The Morgan fingerprint density at radius 1 is 1.37 bits per heavy atom. The number of hydrogen-bond donors (Lipinski definition) is 0. The van der Waals surface area contributed by atoms with Crippen LogP contribution in [0, 0.1) is 6.92 Å². The van der Waals surface area contributed by atoms with Crippen molar-refractivity contribution in [3.05, 3.63) is 41.1 Å². The van der Waals surface area contributed by atoms with Gasteiger partial charge in [0.25, 0.3) is 0 Å². The second-order valence-corrected chi connectivity index (χ2v) is 4.92. The molecule has 1 aromatic carbocycles. The summed E-state index contributed by atoms with van der Waals surface area (Å²) in [4.78, 5) is 15.8. The molecule has 96 valence electrons. The largest absolute Gasteiger partial charge is 0.464 e. The summed E-state index contributed by atoms with van der Waals surface area (Å²) in [5.41, 5.74) is 2.09. The normalized spacial score (nSPS) is 10.8. The number of aromatic nitrogens is 1. The first kappa shape index (κ1) is 11.9. The topological polar surface area (TPSA) is 52.3 Å².